The first-order valence-corrected chi connectivity index (χ1v) is 10.8. The summed E-state index contributed by atoms with van der Waals surface area (Å²) < 4.78 is 2.66. The zero-order valence-corrected chi connectivity index (χ0v) is 16.6. The van der Waals surface area contributed by atoms with E-state index in [1.54, 1.807) is 11.3 Å². The van der Waals surface area contributed by atoms with Crippen LogP contribution in [-0.2, 0) is 6.54 Å². The lowest BCUT2D eigenvalue weighted by molar-refractivity contribution is 0.140. The number of aromatic nitrogens is 4. The third-order valence-electron chi connectivity index (χ3n) is 4.96. The van der Waals surface area contributed by atoms with Gasteiger partial charge in [-0.2, -0.15) is 9.61 Å². The second-order valence-electron chi connectivity index (χ2n) is 6.93. The van der Waals surface area contributed by atoms with Gasteiger partial charge in [-0.05, 0) is 38.4 Å². The summed E-state index contributed by atoms with van der Waals surface area (Å²) in [5, 5.41) is 6.63. The van der Waals surface area contributed by atoms with Crippen molar-refractivity contribution in [3.8, 4) is 0 Å². The lowest BCUT2D eigenvalue weighted by atomic mass is 10.0. The van der Waals surface area contributed by atoms with Crippen LogP contribution in [0.15, 0.2) is 35.1 Å². The molecule has 6 nitrogen and oxygen atoms in total. The first kappa shape index (κ1) is 17.0. The average Bonchev–Trinajstić information content (AvgIpc) is 3.26. The summed E-state index contributed by atoms with van der Waals surface area (Å²) in [5.74, 6) is 0. The van der Waals surface area contributed by atoms with E-state index in [0.717, 1.165) is 35.7 Å². The molecule has 1 aliphatic rings. The molecule has 5 rings (SSSR count). The van der Waals surface area contributed by atoms with Gasteiger partial charge in [-0.25, -0.2) is 9.97 Å². The number of likely N-dealkylation sites (tertiary alicyclic amines) is 1. The number of aryl methyl sites for hydroxylation is 1. The highest BCUT2D eigenvalue weighted by molar-refractivity contribution is 7.18. The maximum absolute atomic E-state index is 12.1. The van der Waals surface area contributed by atoms with E-state index in [2.05, 4.69) is 33.2 Å². The van der Waals surface area contributed by atoms with Crippen molar-refractivity contribution >= 4 is 37.9 Å². The van der Waals surface area contributed by atoms with Crippen LogP contribution < -0.4 is 5.56 Å². The van der Waals surface area contributed by atoms with Crippen molar-refractivity contribution in [2.45, 2.75) is 38.8 Å². The van der Waals surface area contributed by atoms with Crippen LogP contribution in [0.5, 0.6) is 0 Å². The van der Waals surface area contributed by atoms with Gasteiger partial charge in [-0.15, -0.1) is 11.3 Å². The molecule has 138 valence electrons. The number of rotatable bonds is 3. The van der Waals surface area contributed by atoms with Crippen molar-refractivity contribution in [2.75, 3.05) is 6.54 Å². The molecule has 0 spiro atoms. The van der Waals surface area contributed by atoms with Gasteiger partial charge < -0.3 is 0 Å². The summed E-state index contributed by atoms with van der Waals surface area (Å²) in [7, 11) is 0. The Morgan fingerprint density at radius 3 is 2.96 bits per heavy atom. The molecule has 27 heavy (non-hydrogen) atoms. The van der Waals surface area contributed by atoms with E-state index in [9.17, 15) is 4.79 Å². The number of benzene rings is 1. The number of piperidine rings is 1. The Hall–Kier alpha value is -2.16. The monoisotopic (exact) mass is 397 g/mol. The van der Waals surface area contributed by atoms with Crippen LogP contribution in [-0.4, -0.2) is 31.0 Å². The zero-order valence-electron chi connectivity index (χ0n) is 15.0. The second kappa shape index (κ2) is 6.78. The molecule has 0 N–H and O–H groups in total. The predicted molar refractivity (Wildman–Crippen MR) is 108 cm³/mol. The number of hydrogen-bond acceptors (Lipinski definition) is 7. The molecule has 1 aliphatic heterocycles. The minimum Gasteiger partial charge on any atom is -0.287 e. The molecule has 4 aromatic rings. The maximum atomic E-state index is 12.1. The molecule has 8 heteroatoms. The quantitative estimate of drug-likeness (QED) is 0.526. The summed E-state index contributed by atoms with van der Waals surface area (Å²) in [5.41, 5.74) is 1.70. The van der Waals surface area contributed by atoms with Crippen molar-refractivity contribution < 1.29 is 0 Å². The molecule has 3 aromatic heterocycles. The van der Waals surface area contributed by atoms with Crippen LogP contribution in [0.4, 0.5) is 0 Å². The third-order valence-corrected chi connectivity index (χ3v) is 6.99. The Morgan fingerprint density at radius 2 is 2.07 bits per heavy atom. The predicted octanol–water partition coefficient (Wildman–Crippen LogP) is 3.80. The minimum atomic E-state index is -0.110. The SMILES string of the molecule is Cc1cc(=O)n2nc(CN3CCCC[C@@H]3c3nc4ccccc4s3)sc2n1. The van der Waals surface area contributed by atoms with Gasteiger partial charge >= 0.3 is 0 Å². The number of para-hydroxylation sites is 1. The van der Waals surface area contributed by atoms with E-state index in [4.69, 9.17) is 4.98 Å². The highest BCUT2D eigenvalue weighted by atomic mass is 32.1. The summed E-state index contributed by atoms with van der Waals surface area (Å²) in [6.45, 7) is 3.60. The van der Waals surface area contributed by atoms with Crippen LogP contribution in [0, 0.1) is 6.92 Å². The smallest absolute Gasteiger partial charge is 0.275 e. The number of thiazole rings is 1. The standard InChI is InChI=1S/C19H19N5OS2/c1-12-10-17(25)24-19(20-12)27-16(22-24)11-23-9-5-4-7-14(23)18-21-13-6-2-3-8-15(13)26-18/h2-3,6,8,10,14H,4-5,7,9,11H2,1H3/t14-/m1/s1. The van der Waals surface area contributed by atoms with Crippen LogP contribution in [0.25, 0.3) is 15.2 Å². The van der Waals surface area contributed by atoms with E-state index in [1.165, 1.54) is 44.5 Å². The Kier molecular flexibility index (Phi) is 4.26. The number of hydrogen-bond donors (Lipinski definition) is 0. The maximum Gasteiger partial charge on any atom is 0.275 e. The van der Waals surface area contributed by atoms with E-state index >= 15 is 0 Å². The van der Waals surface area contributed by atoms with Gasteiger partial charge in [0, 0.05) is 11.8 Å². The minimum absolute atomic E-state index is 0.110. The number of nitrogens with zero attached hydrogens (tertiary/aromatic N) is 5. The van der Waals surface area contributed by atoms with Gasteiger partial charge in [0.2, 0.25) is 4.96 Å². The molecule has 0 saturated carbocycles. The fourth-order valence-corrected chi connectivity index (χ4v) is 5.80. The zero-order chi connectivity index (χ0) is 18.4. The largest absolute Gasteiger partial charge is 0.287 e. The van der Waals surface area contributed by atoms with Crippen LogP contribution in [0.3, 0.4) is 0 Å². The summed E-state index contributed by atoms with van der Waals surface area (Å²) >= 11 is 3.29. The summed E-state index contributed by atoms with van der Waals surface area (Å²) in [6, 6.07) is 10.2. The molecule has 0 radical (unpaired) electrons. The Bertz CT molecular complexity index is 1140. The molecule has 0 bridgehead atoms. The van der Waals surface area contributed by atoms with Crippen molar-refractivity contribution in [3.05, 3.63) is 56.4 Å². The Morgan fingerprint density at radius 1 is 1.19 bits per heavy atom. The van der Waals surface area contributed by atoms with Crippen LogP contribution in [0.1, 0.15) is 41.0 Å². The van der Waals surface area contributed by atoms with Gasteiger partial charge in [0.1, 0.15) is 10.0 Å². The molecule has 0 unspecified atom stereocenters. The molecule has 1 saturated heterocycles. The van der Waals surface area contributed by atoms with E-state index < -0.39 is 0 Å². The molecule has 0 aliphatic carbocycles. The molecular formula is C19H19N5OS2. The molecule has 0 amide bonds. The molecule has 1 atom stereocenters. The topological polar surface area (TPSA) is 63.4 Å². The van der Waals surface area contributed by atoms with Crippen LogP contribution in [0.2, 0.25) is 0 Å². The highest BCUT2D eigenvalue weighted by Crippen LogP contribution is 2.36. The summed E-state index contributed by atoms with van der Waals surface area (Å²) in [6.07, 6.45) is 3.52. The fourth-order valence-electron chi connectivity index (χ4n) is 3.69. The van der Waals surface area contributed by atoms with Gasteiger partial charge in [0.15, 0.2) is 0 Å². The van der Waals surface area contributed by atoms with E-state index in [0.29, 0.717) is 11.0 Å². The lowest BCUT2D eigenvalue weighted by Gasteiger charge is -2.33. The van der Waals surface area contributed by atoms with Gasteiger partial charge in [0.25, 0.3) is 5.56 Å². The molecular weight excluding hydrogens is 378 g/mol. The van der Waals surface area contributed by atoms with Crippen molar-refractivity contribution in [2.24, 2.45) is 0 Å². The lowest BCUT2D eigenvalue weighted by Crippen LogP contribution is -2.33. The second-order valence-corrected chi connectivity index (χ2v) is 9.03. The van der Waals surface area contributed by atoms with E-state index in [1.807, 2.05) is 13.0 Å². The van der Waals surface area contributed by atoms with E-state index in [-0.39, 0.29) is 5.56 Å². The third kappa shape index (κ3) is 3.18. The Balaban J connectivity index is 1.47. The molecule has 4 heterocycles. The first-order valence-electron chi connectivity index (χ1n) is 9.13. The van der Waals surface area contributed by atoms with Crippen molar-refractivity contribution in [3.63, 3.8) is 0 Å². The summed E-state index contributed by atoms with van der Waals surface area (Å²) in [4.78, 5) is 24.6. The van der Waals surface area contributed by atoms with Crippen molar-refractivity contribution in [1.82, 2.24) is 24.5 Å². The first-order chi connectivity index (χ1) is 13.2. The molecule has 1 fully saturated rings. The molecule has 1 aromatic carbocycles. The van der Waals surface area contributed by atoms with Gasteiger partial charge in [-0.3, -0.25) is 9.69 Å². The normalized spacial score (nSPS) is 18.5. The highest BCUT2D eigenvalue weighted by Gasteiger charge is 2.27. The van der Waals surface area contributed by atoms with Crippen molar-refractivity contribution in [1.29, 1.82) is 0 Å². The fraction of sp³-hybridized carbons (Fsp3) is 0.368. The number of fused-ring (bicyclic) bond motifs is 2. The Labute approximate surface area is 164 Å². The van der Waals surface area contributed by atoms with Crippen LogP contribution >= 0.6 is 22.7 Å². The van der Waals surface area contributed by atoms with Gasteiger partial charge in [-0.1, -0.05) is 29.9 Å². The average molecular weight is 398 g/mol. The van der Waals surface area contributed by atoms with Gasteiger partial charge in [0.05, 0.1) is 22.8 Å².